The zero-order valence-corrected chi connectivity index (χ0v) is 10.7. The first kappa shape index (κ1) is 11.9. The van der Waals surface area contributed by atoms with Crippen LogP contribution < -0.4 is 4.74 Å². The fourth-order valence-corrected chi connectivity index (χ4v) is 2.80. The molecular formula is C14H14O2S. The summed E-state index contributed by atoms with van der Waals surface area (Å²) in [5, 5.41) is 0. The second kappa shape index (κ2) is 5.15. The Kier molecular flexibility index (Phi) is 3.59. The molecule has 0 saturated carbocycles. The molecule has 0 radical (unpaired) electrons. The molecule has 1 atom stereocenters. The Labute approximate surface area is 104 Å². The van der Waals surface area contributed by atoms with E-state index in [1.807, 2.05) is 55.5 Å². The molecule has 0 aliphatic carbocycles. The van der Waals surface area contributed by atoms with Crippen LogP contribution in [0.4, 0.5) is 0 Å². The van der Waals surface area contributed by atoms with E-state index >= 15 is 0 Å². The largest absolute Gasteiger partial charge is 0.496 e. The highest BCUT2D eigenvalue weighted by Gasteiger charge is 2.08. The molecule has 0 amide bonds. The summed E-state index contributed by atoms with van der Waals surface area (Å²) in [6.07, 6.45) is 0. The second-order valence-corrected chi connectivity index (χ2v) is 5.19. The highest BCUT2D eigenvalue weighted by Crippen LogP contribution is 2.23. The first-order valence-corrected chi connectivity index (χ1v) is 6.49. The summed E-state index contributed by atoms with van der Waals surface area (Å²) >= 11 is 0. The predicted molar refractivity (Wildman–Crippen MR) is 68.8 cm³/mol. The molecule has 0 aliphatic rings. The number of rotatable bonds is 3. The Balaban J connectivity index is 2.35. The van der Waals surface area contributed by atoms with Gasteiger partial charge in [-0.1, -0.05) is 18.2 Å². The van der Waals surface area contributed by atoms with Crippen molar-refractivity contribution < 1.29 is 8.95 Å². The molecule has 0 fully saturated rings. The van der Waals surface area contributed by atoms with Crippen LogP contribution in [0.3, 0.4) is 0 Å². The second-order valence-electron chi connectivity index (χ2n) is 3.71. The Morgan fingerprint density at radius 1 is 1.00 bits per heavy atom. The average Bonchev–Trinajstić information content (AvgIpc) is 2.39. The van der Waals surface area contributed by atoms with E-state index in [-0.39, 0.29) is 0 Å². The fourth-order valence-electron chi connectivity index (χ4n) is 1.65. The smallest absolute Gasteiger partial charge is 0.121 e. The summed E-state index contributed by atoms with van der Waals surface area (Å²) in [5.41, 5.74) is 0.995. The van der Waals surface area contributed by atoms with E-state index in [9.17, 15) is 4.21 Å². The number of hydrogen-bond donors (Lipinski definition) is 0. The van der Waals surface area contributed by atoms with Crippen molar-refractivity contribution >= 4 is 10.8 Å². The zero-order valence-electron chi connectivity index (χ0n) is 9.84. The molecule has 2 aromatic carbocycles. The van der Waals surface area contributed by atoms with E-state index in [4.69, 9.17) is 4.74 Å². The van der Waals surface area contributed by atoms with Crippen LogP contribution in [0.1, 0.15) is 5.56 Å². The Morgan fingerprint density at radius 2 is 1.71 bits per heavy atom. The Hall–Kier alpha value is -1.61. The van der Waals surface area contributed by atoms with E-state index < -0.39 is 10.8 Å². The topological polar surface area (TPSA) is 26.3 Å². The standard InChI is InChI=1S/C14H14O2S/c1-11-10-13(8-9-14(11)16-2)17(15)12-6-4-3-5-7-12/h3-10H,1-2H3. The summed E-state index contributed by atoms with van der Waals surface area (Å²) in [6, 6.07) is 15.0. The molecule has 0 saturated heterocycles. The van der Waals surface area contributed by atoms with Gasteiger partial charge in [-0.25, -0.2) is 4.21 Å². The molecule has 17 heavy (non-hydrogen) atoms. The van der Waals surface area contributed by atoms with Gasteiger partial charge in [-0.05, 0) is 42.8 Å². The SMILES string of the molecule is COc1ccc(S(=O)c2ccccc2)cc1C. The lowest BCUT2D eigenvalue weighted by molar-refractivity contribution is 0.411. The van der Waals surface area contributed by atoms with Crippen molar-refractivity contribution in [1.29, 1.82) is 0 Å². The zero-order chi connectivity index (χ0) is 12.3. The summed E-state index contributed by atoms with van der Waals surface area (Å²) in [6.45, 7) is 1.95. The third kappa shape index (κ3) is 2.56. The Morgan fingerprint density at radius 3 is 2.29 bits per heavy atom. The van der Waals surface area contributed by atoms with Gasteiger partial charge in [-0.15, -0.1) is 0 Å². The maximum absolute atomic E-state index is 12.3. The van der Waals surface area contributed by atoms with Crippen LogP contribution in [0.25, 0.3) is 0 Å². The van der Waals surface area contributed by atoms with Crippen molar-refractivity contribution in [3.8, 4) is 5.75 Å². The fraction of sp³-hybridized carbons (Fsp3) is 0.143. The van der Waals surface area contributed by atoms with E-state index in [0.717, 1.165) is 21.1 Å². The van der Waals surface area contributed by atoms with Crippen LogP contribution in [0.5, 0.6) is 5.75 Å². The van der Waals surface area contributed by atoms with Gasteiger partial charge in [0.15, 0.2) is 0 Å². The molecule has 0 bridgehead atoms. The third-order valence-corrected chi connectivity index (χ3v) is 3.92. The molecule has 0 spiro atoms. The van der Waals surface area contributed by atoms with Crippen molar-refractivity contribution in [3.05, 3.63) is 54.1 Å². The lowest BCUT2D eigenvalue weighted by Gasteiger charge is -2.07. The molecule has 0 aliphatic heterocycles. The number of hydrogen-bond acceptors (Lipinski definition) is 2. The van der Waals surface area contributed by atoms with Crippen molar-refractivity contribution in [2.45, 2.75) is 16.7 Å². The van der Waals surface area contributed by atoms with E-state index in [0.29, 0.717) is 0 Å². The van der Waals surface area contributed by atoms with Gasteiger partial charge in [0.1, 0.15) is 5.75 Å². The molecule has 2 nitrogen and oxygen atoms in total. The van der Waals surface area contributed by atoms with Gasteiger partial charge in [0.2, 0.25) is 0 Å². The van der Waals surface area contributed by atoms with Crippen LogP contribution in [0.2, 0.25) is 0 Å². The lowest BCUT2D eigenvalue weighted by Crippen LogP contribution is -1.94. The van der Waals surface area contributed by atoms with Gasteiger partial charge in [-0.3, -0.25) is 0 Å². The van der Waals surface area contributed by atoms with E-state index in [2.05, 4.69) is 0 Å². The monoisotopic (exact) mass is 246 g/mol. The normalized spacial score (nSPS) is 12.1. The van der Waals surface area contributed by atoms with Crippen LogP contribution in [-0.4, -0.2) is 11.3 Å². The van der Waals surface area contributed by atoms with Crippen molar-refractivity contribution in [1.82, 2.24) is 0 Å². The van der Waals surface area contributed by atoms with Crippen molar-refractivity contribution in [2.75, 3.05) is 7.11 Å². The first-order chi connectivity index (χ1) is 8.22. The van der Waals surface area contributed by atoms with Gasteiger partial charge in [0, 0.05) is 9.79 Å². The molecule has 0 heterocycles. The van der Waals surface area contributed by atoms with Crippen LogP contribution in [-0.2, 0) is 10.8 Å². The Bertz CT molecular complexity index is 535. The minimum atomic E-state index is -1.12. The molecular weight excluding hydrogens is 232 g/mol. The van der Waals surface area contributed by atoms with Crippen LogP contribution in [0, 0.1) is 6.92 Å². The molecule has 88 valence electrons. The first-order valence-electron chi connectivity index (χ1n) is 5.34. The summed E-state index contributed by atoms with van der Waals surface area (Å²) in [5.74, 6) is 0.818. The number of ether oxygens (including phenoxy) is 1. The average molecular weight is 246 g/mol. The number of methoxy groups -OCH3 is 1. The van der Waals surface area contributed by atoms with E-state index in [1.54, 1.807) is 7.11 Å². The van der Waals surface area contributed by atoms with Gasteiger partial charge < -0.3 is 4.74 Å². The molecule has 2 rings (SSSR count). The summed E-state index contributed by atoms with van der Waals surface area (Å²) in [4.78, 5) is 1.62. The number of aryl methyl sites for hydroxylation is 1. The molecule has 0 aromatic heterocycles. The van der Waals surface area contributed by atoms with Crippen molar-refractivity contribution in [2.24, 2.45) is 0 Å². The van der Waals surface area contributed by atoms with Gasteiger partial charge in [0.25, 0.3) is 0 Å². The van der Waals surface area contributed by atoms with Gasteiger partial charge >= 0.3 is 0 Å². The van der Waals surface area contributed by atoms with Crippen molar-refractivity contribution in [3.63, 3.8) is 0 Å². The third-order valence-electron chi connectivity index (χ3n) is 2.54. The van der Waals surface area contributed by atoms with Gasteiger partial charge in [-0.2, -0.15) is 0 Å². The molecule has 3 heteroatoms. The van der Waals surface area contributed by atoms with Crippen LogP contribution in [0.15, 0.2) is 58.3 Å². The van der Waals surface area contributed by atoms with Gasteiger partial charge in [0.05, 0.1) is 17.9 Å². The molecule has 2 aromatic rings. The quantitative estimate of drug-likeness (QED) is 0.831. The minimum absolute atomic E-state index is 0.800. The van der Waals surface area contributed by atoms with E-state index in [1.165, 1.54) is 0 Å². The minimum Gasteiger partial charge on any atom is -0.496 e. The summed E-state index contributed by atoms with van der Waals surface area (Å²) < 4.78 is 17.5. The molecule has 0 N–H and O–H groups in total. The predicted octanol–water partition coefficient (Wildman–Crippen LogP) is 3.17. The lowest BCUT2D eigenvalue weighted by atomic mass is 10.2. The maximum Gasteiger partial charge on any atom is 0.121 e. The summed E-state index contributed by atoms with van der Waals surface area (Å²) in [7, 11) is 0.512. The maximum atomic E-state index is 12.3. The number of benzene rings is 2. The highest BCUT2D eigenvalue weighted by atomic mass is 32.2. The van der Waals surface area contributed by atoms with Crippen LogP contribution >= 0.6 is 0 Å². The molecule has 1 unspecified atom stereocenters. The highest BCUT2D eigenvalue weighted by molar-refractivity contribution is 7.85.